The van der Waals surface area contributed by atoms with Gasteiger partial charge in [0.2, 0.25) is 0 Å². The Labute approximate surface area is 169 Å². The Bertz CT molecular complexity index is 988. The van der Waals surface area contributed by atoms with Crippen LogP contribution in [0.3, 0.4) is 0 Å². The highest BCUT2D eigenvalue weighted by molar-refractivity contribution is 8.00. The number of ether oxygens (including phenoxy) is 1. The second-order valence-corrected chi connectivity index (χ2v) is 8.41. The number of thioether (sulfide) groups is 1. The van der Waals surface area contributed by atoms with E-state index >= 15 is 0 Å². The summed E-state index contributed by atoms with van der Waals surface area (Å²) >= 11 is 1.47. The molecule has 0 spiro atoms. The van der Waals surface area contributed by atoms with Gasteiger partial charge in [-0.2, -0.15) is 0 Å². The molecule has 0 N–H and O–H groups in total. The minimum Gasteiger partial charge on any atom is -0.370 e. The van der Waals surface area contributed by atoms with Crippen molar-refractivity contribution in [1.82, 2.24) is 9.97 Å². The molecule has 28 heavy (non-hydrogen) atoms. The minimum absolute atomic E-state index is 0.0938. The summed E-state index contributed by atoms with van der Waals surface area (Å²) in [5.41, 5.74) is 3.46. The standard InChI is InChI=1S/C23H22N2O2S/c1-23(2)13-19-18(14-27-23)22(25-21(24-19)17-11-7-4-8-12-17)28-15-20(26)16-9-5-3-6-10-16/h3-12H,13-15H2,1-2H3. The maximum Gasteiger partial charge on any atom is 0.173 e. The van der Waals surface area contributed by atoms with E-state index in [9.17, 15) is 4.79 Å². The Balaban J connectivity index is 1.66. The van der Waals surface area contributed by atoms with E-state index in [2.05, 4.69) is 13.8 Å². The smallest absolute Gasteiger partial charge is 0.173 e. The van der Waals surface area contributed by atoms with Gasteiger partial charge in [0.15, 0.2) is 11.6 Å². The molecule has 3 aromatic rings. The lowest BCUT2D eigenvalue weighted by molar-refractivity contribution is -0.0428. The molecule has 0 bridgehead atoms. The first-order valence-electron chi connectivity index (χ1n) is 9.32. The molecule has 2 heterocycles. The van der Waals surface area contributed by atoms with Gasteiger partial charge in [-0.1, -0.05) is 72.4 Å². The van der Waals surface area contributed by atoms with Gasteiger partial charge in [-0.3, -0.25) is 4.79 Å². The maximum absolute atomic E-state index is 12.5. The highest BCUT2D eigenvalue weighted by atomic mass is 32.2. The van der Waals surface area contributed by atoms with Gasteiger partial charge in [0.25, 0.3) is 0 Å². The summed E-state index contributed by atoms with van der Waals surface area (Å²) < 4.78 is 5.99. The molecule has 0 unspecified atom stereocenters. The highest BCUT2D eigenvalue weighted by Gasteiger charge is 2.30. The van der Waals surface area contributed by atoms with Crippen LogP contribution in [-0.4, -0.2) is 27.1 Å². The van der Waals surface area contributed by atoms with Gasteiger partial charge in [-0.05, 0) is 13.8 Å². The van der Waals surface area contributed by atoms with Crippen LogP contribution in [0.2, 0.25) is 0 Å². The number of Topliss-reactive ketones (excluding diaryl/α,β-unsaturated/α-hetero) is 1. The second-order valence-electron chi connectivity index (χ2n) is 7.45. The third-order valence-electron chi connectivity index (χ3n) is 4.72. The van der Waals surface area contributed by atoms with Crippen molar-refractivity contribution in [2.24, 2.45) is 0 Å². The molecule has 142 valence electrons. The molecule has 0 amide bonds. The van der Waals surface area contributed by atoms with E-state index in [0.29, 0.717) is 18.2 Å². The highest BCUT2D eigenvalue weighted by Crippen LogP contribution is 2.34. The lowest BCUT2D eigenvalue weighted by Crippen LogP contribution is -2.33. The van der Waals surface area contributed by atoms with Gasteiger partial charge in [-0.15, -0.1) is 0 Å². The van der Waals surface area contributed by atoms with Crippen LogP contribution in [0.25, 0.3) is 11.4 Å². The third kappa shape index (κ3) is 4.16. The average molecular weight is 391 g/mol. The first kappa shape index (κ1) is 18.8. The van der Waals surface area contributed by atoms with Crippen molar-refractivity contribution >= 4 is 17.5 Å². The fraction of sp³-hybridized carbons (Fsp3) is 0.261. The van der Waals surface area contributed by atoms with E-state index in [1.807, 2.05) is 60.7 Å². The lowest BCUT2D eigenvalue weighted by Gasteiger charge is -2.32. The van der Waals surface area contributed by atoms with Gasteiger partial charge in [0.1, 0.15) is 5.03 Å². The summed E-state index contributed by atoms with van der Waals surface area (Å²) in [7, 11) is 0. The minimum atomic E-state index is -0.253. The lowest BCUT2D eigenvalue weighted by atomic mass is 9.96. The molecule has 1 aliphatic rings. The van der Waals surface area contributed by atoms with Crippen molar-refractivity contribution in [3.05, 3.63) is 77.5 Å². The Morgan fingerprint density at radius 1 is 1.04 bits per heavy atom. The molecule has 0 radical (unpaired) electrons. The number of nitrogens with zero attached hydrogens (tertiary/aromatic N) is 2. The van der Waals surface area contributed by atoms with Crippen molar-refractivity contribution < 1.29 is 9.53 Å². The summed E-state index contributed by atoms with van der Waals surface area (Å²) in [5.74, 6) is 1.13. The first-order valence-corrected chi connectivity index (χ1v) is 10.3. The second kappa shape index (κ2) is 7.86. The van der Waals surface area contributed by atoms with Crippen LogP contribution in [0, 0.1) is 0 Å². The number of aromatic nitrogens is 2. The number of rotatable bonds is 5. The normalized spacial score (nSPS) is 15.1. The van der Waals surface area contributed by atoms with Crippen molar-refractivity contribution in [3.8, 4) is 11.4 Å². The van der Waals surface area contributed by atoms with Gasteiger partial charge >= 0.3 is 0 Å². The van der Waals surface area contributed by atoms with Crippen LogP contribution >= 0.6 is 11.8 Å². The topological polar surface area (TPSA) is 52.1 Å². The van der Waals surface area contributed by atoms with Gasteiger partial charge in [-0.25, -0.2) is 9.97 Å². The molecule has 1 aromatic heterocycles. The van der Waals surface area contributed by atoms with Gasteiger partial charge < -0.3 is 4.74 Å². The largest absolute Gasteiger partial charge is 0.370 e. The van der Waals surface area contributed by atoms with E-state index in [4.69, 9.17) is 14.7 Å². The molecule has 1 aliphatic heterocycles. The zero-order valence-corrected chi connectivity index (χ0v) is 16.8. The fourth-order valence-electron chi connectivity index (χ4n) is 3.20. The summed E-state index contributed by atoms with van der Waals surface area (Å²) in [6.45, 7) is 4.62. The molecular formula is C23H22N2O2S. The van der Waals surface area contributed by atoms with Crippen LogP contribution in [0.1, 0.15) is 35.5 Å². The number of fused-ring (bicyclic) bond motifs is 1. The van der Waals surface area contributed by atoms with Crippen LogP contribution in [0.5, 0.6) is 0 Å². The first-order chi connectivity index (χ1) is 13.5. The van der Waals surface area contributed by atoms with Crippen molar-refractivity contribution in [3.63, 3.8) is 0 Å². The van der Waals surface area contributed by atoms with Crippen molar-refractivity contribution in [1.29, 1.82) is 0 Å². The number of hydrogen-bond donors (Lipinski definition) is 0. The Morgan fingerprint density at radius 3 is 2.43 bits per heavy atom. The SMILES string of the molecule is CC1(C)Cc2nc(-c3ccccc3)nc(SCC(=O)c3ccccc3)c2CO1. The summed E-state index contributed by atoms with van der Waals surface area (Å²) in [5, 5.41) is 0.837. The fourth-order valence-corrected chi connectivity index (χ4v) is 4.13. The number of carbonyl (C=O) groups excluding carboxylic acids is 1. The van der Waals surface area contributed by atoms with Crippen LogP contribution < -0.4 is 0 Å². The Hall–Kier alpha value is -2.50. The van der Waals surface area contributed by atoms with Crippen molar-refractivity contribution in [2.45, 2.75) is 37.5 Å². The third-order valence-corrected chi connectivity index (χ3v) is 5.74. The van der Waals surface area contributed by atoms with E-state index in [-0.39, 0.29) is 11.4 Å². The average Bonchev–Trinajstić information content (AvgIpc) is 2.72. The molecule has 2 aromatic carbocycles. The van der Waals surface area contributed by atoms with E-state index in [1.54, 1.807) is 0 Å². The summed E-state index contributed by atoms with van der Waals surface area (Å²) in [4.78, 5) is 22.2. The Morgan fingerprint density at radius 2 is 1.71 bits per heavy atom. The zero-order chi connectivity index (χ0) is 19.6. The molecule has 5 heteroatoms. The molecule has 0 saturated heterocycles. The zero-order valence-electron chi connectivity index (χ0n) is 16.0. The quantitative estimate of drug-likeness (QED) is 0.350. The summed E-state index contributed by atoms with van der Waals surface area (Å²) in [6.07, 6.45) is 0.727. The summed E-state index contributed by atoms with van der Waals surface area (Å²) in [6, 6.07) is 19.3. The van der Waals surface area contributed by atoms with Crippen LogP contribution in [0.4, 0.5) is 0 Å². The molecule has 0 saturated carbocycles. The molecule has 4 nitrogen and oxygen atoms in total. The monoisotopic (exact) mass is 390 g/mol. The van der Waals surface area contributed by atoms with Gasteiger partial charge in [0, 0.05) is 23.1 Å². The molecule has 0 atom stereocenters. The van der Waals surface area contributed by atoms with E-state index < -0.39 is 0 Å². The predicted octanol–water partition coefficient (Wildman–Crippen LogP) is 4.97. The van der Waals surface area contributed by atoms with Crippen LogP contribution in [0.15, 0.2) is 65.7 Å². The van der Waals surface area contributed by atoms with Crippen molar-refractivity contribution in [2.75, 3.05) is 5.75 Å². The molecule has 0 fully saturated rings. The predicted molar refractivity (Wildman–Crippen MR) is 112 cm³/mol. The molecule has 0 aliphatic carbocycles. The van der Waals surface area contributed by atoms with Gasteiger partial charge in [0.05, 0.1) is 23.7 Å². The number of ketones is 1. The number of carbonyl (C=O) groups is 1. The number of benzene rings is 2. The van der Waals surface area contributed by atoms with E-state index in [0.717, 1.165) is 33.8 Å². The number of hydrogen-bond acceptors (Lipinski definition) is 5. The molecular weight excluding hydrogens is 368 g/mol. The maximum atomic E-state index is 12.5. The van der Waals surface area contributed by atoms with Crippen LogP contribution in [-0.2, 0) is 17.8 Å². The Kier molecular flexibility index (Phi) is 5.29. The molecule has 4 rings (SSSR count). The van der Waals surface area contributed by atoms with E-state index in [1.165, 1.54) is 11.8 Å².